The molecule has 0 bridgehead atoms. The van der Waals surface area contributed by atoms with E-state index in [-0.39, 0.29) is 0 Å². The topological polar surface area (TPSA) is 25.8 Å². The van der Waals surface area contributed by atoms with Gasteiger partial charge in [0.05, 0.1) is 5.69 Å². The fourth-order valence-electron chi connectivity index (χ4n) is 1.43. The lowest BCUT2D eigenvalue weighted by Crippen LogP contribution is -1.94. The Morgan fingerprint density at radius 1 is 1.23 bits per heavy atom. The molecule has 1 heterocycles. The highest BCUT2D eigenvalue weighted by Crippen LogP contribution is 2.09. The molecule has 0 fully saturated rings. The zero-order valence-corrected chi connectivity index (χ0v) is 8.58. The molecular weight excluding hydrogens is 160 g/mol. The molecule has 0 atom stereocenters. The van der Waals surface area contributed by atoms with Gasteiger partial charge in [-0.3, -0.25) is 0 Å². The van der Waals surface area contributed by atoms with Gasteiger partial charge in [-0.2, -0.15) is 10.2 Å². The zero-order valence-electron chi connectivity index (χ0n) is 8.58. The number of rotatable bonds is 5. The van der Waals surface area contributed by atoms with Gasteiger partial charge in [0.1, 0.15) is 0 Å². The number of unbranched alkanes of at least 4 members (excludes halogenated alkanes) is 3. The fraction of sp³-hybridized carbons (Fsp3) is 0.636. The summed E-state index contributed by atoms with van der Waals surface area (Å²) >= 11 is 0. The van der Waals surface area contributed by atoms with Gasteiger partial charge in [0.2, 0.25) is 0 Å². The second kappa shape index (κ2) is 5.68. The summed E-state index contributed by atoms with van der Waals surface area (Å²) in [5, 5.41) is 7.87. The monoisotopic (exact) mass is 178 g/mol. The van der Waals surface area contributed by atoms with Gasteiger partial charge >= 0.3 is 0 Å². The van der Waals surface area contributed by atoms with Gasteiger partial charge in [0.25, 0.3) is 0 Å². The van der Waals surface area contributed by atoms with Crippen molar-refractivity contribution in [2.45, 2.75) is 46.0 Å². The van der Waals surface area contributed by atoms with Crippen LogP contribution in [0.3, 0.4) is 0 Å². The van der Waals surface area contributed by atoms with Gasteiger partial charge in [-0.05, 0) is 31.4 Å². The zero-order chi connectivity index (χ0) is 9.52. The third-order valence-electron chi connectivity index (χ3n) is 2.31. The number of aromatic nitrogens is 2. The van der Waals surface area contributed by atoms with Crippen molar-refractivity contribution in [1.82, 2.24) is 10.2 Å². The van der Waals surface area contributed by atoms with Crippen molar-refractivity contribution >= 4 is 0 Å². The second-order valence-corrected chi connectivity index (χ2v) is 3.45. The lowest BCUT2D eigenvalue weighted by molar-refractivity contribution is 0.663. The molecule has 0 saturated carbocycles. The van der Waals surface area contributed by atoms with Gasteiger partial charge in [0.15, 0.2) is 0 Å². The lowest BCUT2D eigenvalue weighted by Gasteiger charge is -2.02. The van der Waals surface area contributed by atoms with E-state index in [2.05, 4.69) is 23.2 Å². The Morgan fingerprint density at radius 3 is 2.77 bits per heavy atom. The maximum Gasteiger partial charge on any atom is 0.0632 e. The first-order chi connectivity index (χ1) is 6.34. The number of nitrogens with zero attached hydrogens (tertiary/aromatic N) is 2. The summed E-state index contributed by atoms with van der Waals surface area (Å²) in [5.74, 6) is 0. The Morgan fingerprint density at radius 2 is 2.08 bits per heavy atom. The van der Waals surface area contributed by atoms with Gasteiger partial charge in [0, 0.05) is 6.20 Å². The maximum absolute atomic E-state index is 4.03. The second-order valence-electron chi connectivity index (χ2n) is 3.45. The number of hydrogen-bond donors (Lipinski definition) is 0. The third kappa shape index (κ3) is 3.53. The Balaban J connectivity index is 2.32. The van der Waals surface area contributed by atoms with Gasteiger partial charge in [-0.25, -0.2) is 0 Å². The summed E-state index contributed by atoms with van der Waals surface area (Å²) < 4.78 is 0. The van der Waals surface area contributed by atoms with Crippen molar-refractivity contribution < 1.29 is 0 Å². The third-order valence-corrected chi connectivity index (χ3v) is 2.31. The first-order valence-electron chi connectivity index (χ1n) is 5.11. The molecule has 0 aliphatic rings. The van der Waals surface area contributed by atoms with Gasteiger partial charge in [-0.15, -0.1) is 0 Å². The highest BCUT2D eigenvalue weighted by Gasteiger charge is 1.97. The standard InChI is InChI=1S/C11H18N2/c1-3-4-5-6-7-11-8-9-12-13-10(11)2/h8-9H,3-7H2,1-2H3. The number of hydrogen-bond acceptors (Lipinski definition) is 2. The molecule has 0 saturated heterocycles. The van der Waals surface area contributed by atoms with Crippen LogP contribution in [0.15, 0.2) is 12.3 Å². The smallest absolute Gasteiger partial charge is 0.0632 e. The first-order valence-corrected chi connectivity index (χ1v) is 5.11. The van der Waals surface area contributed by atoms with Crippen LogP contribution in [-0.4, -0.2) is 10.2 Å². The SMILES string of the molecule is CCCCCCc1ccnnc1C. The summed E-state index contributed by atoms with van der Waals surface area (Å²) in [4.78, 5) is 0. The van der Waals surface area contributed by atoms with Crippen molar-refractivity contribution in [2.24, 2.45) is 0 Å². The van der Waals surface area contributed by atoms with E-state index in [4.69, 9.17) is 0 Å². The summed E-state index contributed by atoms with van der Waals surface area (Å²) in [6.45, 7) is 4.27. The van der Waals surface area contributed by atoms with E-state index in [0.717, 1.165) is 12.1 Å². The van der Waals surface area contributed by atoms with Crippen LogP contribution in [-0.2, 0) is 6.42 Å². The molecule has 0 aliphatic heterocycles. The molecule has 72 valence electrons. The molecule has 0 N–H and O–H groups in total. The van der Waals surface area contributed by atoms with Crippen LogP contribution < -0.4 is 0 Å². The Hall–Kier alpha value is -0.920. The minimum absolute atomic E-state index is 1.08. The van der Waals surface area contributed by atoms with Crippen LogP contribution >= 0.6 is 0 Å². The fourth-order valence-corrected chi connectivity index (χ4v) is 1.43. The predicted molar refractivity (Wildman–Crippen MR) is 54.6 cm³/mol. The van der Waals surface area contributed by atoms with E-state index >= 15 is 0 Å². The van der Waals surface area contributed by atoms with E-state index in [0.29, 0.717) is 0 Å². The van der Waals surface area contributed by atoms with E-state index in [1.807, 2.05) is 6.92 Å². The van der Waals surface area contributed by atoms with Crippen LogP contribution in [0.1, 0.15) is 43.9 Å². The van der Waals surface area contributed by atoms with E-state index in [1.54, 1.807) is 6.20 Å². The molecular formula is C11H18N2. The van der Waals surface area contributed by atoms with Crippen LogP contribution in [0.25, 0.3) is 0 Å². The lowest BCUT2D eigenvalue weighted by atomic mass is 10.1. The van der Waals surface area contributed by atoms with Crippen molar-refractivity contribution in [3.63, 3.8) is 0 Å². The average molecular weight is 178 g/mol. The molecule has 0 spiro atoms. The summed E-state index contributed by atoms with van der Waals surface area (Å²) in [5.41, 5.74) is 2.44. The largest absolute Gasteiger partial charge is 0.159 e. The Labute approximate surface area is 80.4 Å². The van der Waals surface area contributed by atoms with Crippen molar-refractivity contribution in [2.75, 3.05) is 0 Å². The molecule has 0 aliphatic carbocycles. The highest BCUT2D eigenvalue weighted by atomic mass is 15.1. The van der Waals surface area contributed by atoms with Crippen LogP contribution in [0.5, 0.6) is 0 Å². The summed E-state index contributed by atoms with van der Waals surface area (Å²) in [6, 6.07) is 2.08. The maximum atomic E-state index is 4.03. The molecule has 1 aromatic heterocycles. The minimum Gasteiger partial charge on any atom is -0.159 e. The molecule has 1 rings (SSSR count). The molecule has 0 aromatic carbocycles. The van der Waals surface area contributed by atoms with Crippen LogP contribution in [0.4, 0.5) is 0 Å². The van der Waals surface area contributed by atoms with E-state index < -0.39 is 0 Å². The van der Waals surface area contributed by atoms with Crippen molar-refractivity contribution in [3.8, 4) is 0 Å². The average Bonchev–Trinajstić information content (AvgIpc) is 2.15. The van der Waals surface area contributed by atoms with E-state index in [1.165, 1.54) is 31.2 Å². The van der Waals surface area contributed by atoms with Crippen LogP contribution in [0.2, 0.25) is 0 Å². The molecule has 0 radical (unpaired) electrons. The molecule has 2 heteroatoms. The molecule has 1 aromatic rings. The molecule has 0 amide bonds. The summed E-state index contributed by atoms with van der Waals surface area (Å²) in [7, 11) is 0. The van der Waals surface area contributed by atoms with Crippen molar-refractivity contribution in [3.05, 3.63) is 23.5 Å². The van der Waals surface area contributed by atoms with Gasteiger partial charge < -0.3 is 0 Å². The molecule has 2 nitrogen and oxygen atoms in total. The predicted octanol–water partition coefficient (Wildman–Crippen LogP) is 2.91. The Kier molecular flexibility index (Phi) is 4.44. The normalized spacial score (nSPS) is 10.3. The first kappa shape index (κ1) is 10.2. The summed E-state index contributed by atoms with van der Waals surface area (Å²) in [6.07, 6.45) is 8.19. The molecule has 0 unspecified atom stereocenters. The Bertz CT molecular complexity index is 246. The molecule has 13 heavy (non-hydrogen) atoms. The quantitative estimate of drug-likeness (QED) is 0.648. The van der Waals surface area contributed by atoms with E-state index in [9.17, 15) is 0 Å². The minimum atomic E-state index is 1.08. The van der Waals surface area contributed by atoms with Gasteiger partial charge in [-0.1, -0.05) is 26.2 Å². The number of aryl methyl sites for hydroxylation is 2. The van der Waals surface area contributed by atoms with Crippen molar-refractivity contribution in [1.29, 1.82) is 0 Å². The highest BCUT2D eigenvalue weighted by molar-refractivity contribution is 5.15. The van der Waals surface area contributed by atoms with Crippen LogP contribution in [0, 0.1) is 6.92 Å².